The molecule has 2 unspecified atom stereocenters. The summed E-state index contributed by atoms with van der Waals surface area (Å²) >= 11 is 2.74. The maximum absolute atomic E-state index is 12.3. The normalized spacial score (nSPS) is 13.8. The molecule has 0 fully saturated rings. The predicted molar refractivity (Wildman–Crippen MR) is 82.7 cm³/mol. The molecule has 0 aliphatic rings. The third-order valence-electron chi connectivity index (χ3n) is 2.91. The lowest BCUT2D eigenvalue weighted by Gasteiger charge is -2.22. The summed E-state index contributed by atoms with van der Waals surface area (Å²) in [6, 6.07) is -0.191. The zero-order valence-electron chi connectivity index (χ0n) is 11.9. The van der Waals surface area contributed by atoms with Crippen molar-refractivity contribution < 1.29 is 9.90 Å². The second kappa shape index (κ2) is 7.70. The van der Waals surface area contributed by atoms with Gasteiger partial charge < -0.3 is 15.4 Å². The zero-order chi connectivity index (χ0) is 15.3. The Labute approximate surface area is 126 Å². The van der Waals surface area contributed by atoms with Crippen molar-refractivity contribution in [3.8, 4) is 0 Å². The molecule has 20 heavy (non-hydrogen) atoms. The van der Waals surface area contributed by atoms with Gasteiger partial charge >= 0.3 is 5.69 Å². The van der Waals surface area contributed by atoms with Crippen LogP contribution in [0.3, 0.4) is 0 Å². The van der Waals surface area contributed by atoms with Crippen molar-refractivity contribution in [2.45, 2.75) is 30.2 Å². The minimum Gasteiger partial charge on any atom is -0.395 e. The van der Waals surface area contributed by atoms with Crippen LogP contribution in [0.4, 0.5) is 0 Å². The second-order valence-corrected chi connectivity index (χ2v) is 6.14. The van der Waals surface area contributed by atoms with Gasteiger partial charge in [0.1, 0.15) is 5.03 Å². The average Bonchev–Trinajstić information content (AvgIpc) is 2.38. The quantitative estimate of drug-likeness (QED) is 0.526. The number of thioether (sulfide) groups is 2. The number of amides is 1. The Balaban J connectivity index is 3.01. The van der Waals surface area contributed by atoms with E-state index in [1.54, 1.807) is 13.2 Å². The number of carbonyl (C=O) groups is 1. The first-order valence-corrected chi connectivity index (χ1v) is 8.55. The highest BCUT2D eigenvalue weighted by Gasteiger charge is 2.22. The van der Waals surface area contributed by atoms with Crippen molar-refractivity contribution in [3.63, 3.8) is 0 Å². The highest BCUT2D eigenvalue weighted by molar-refractivity contribution is 7.99. The lowest BCUT2D eigenvalue weighted by Crippen LogP contribution is -2.42. The first kappa shape index (κ1) is 17.1. The molecule has 0 spiro atoms. The number of nitrogens with one attached hydrogen (secondary N) is 2. The molecular weight excluding hydrogens is 298 g/mol. The van der Waals surface area contributed by atoms with Gasteiger partial charge in [-0.15, -0.1) is 11.8 Å². The number of aliphatic hydroxyl groups excluding tert-OH is 1. The van der Waals surface area contributed by atoms with E-state index in [-0.39, 0.29) is 23.8 Å². The molecule has 1 aromatic heterocycles. The molecule has 1 amide bonds. The maximum atomic E-state index is 12.3. The van der Waals surface area contributed by atoms with E-state index in [4.69, 9.17) is 0 Å². The Bertz CT molecular complexity index is 529. The van der Waals surface area contributed by atoms with Crippen LogP contribution in [0, 0.1) is 6.92 Å². The van der Waals surface area contributed by atoms with Crippen LogP contribution >= 0.6 is 23.5 Å². The molecule has 2 atom stereocenters. The summed E-state index contributed by atoms with van der Waals surface area (Å²) in [7, 11) is 0. The molecule has 1 rings (SSSR count). The standard InChI is InChI=1S/C12H19N3O3S2/c1-6(8(5-16)19-3)13-10(17)9-7(2)14-12(18)15-11(9)20-4/h6,8,16H,5H2,1-4H3,(H,13,17)(H,14,15,18). The van der Waals surface area contributed by atoms with Crippen molar-refractivity contribution in [3.05, 3.63) is 21.7 Å². The molecule has 3 N–H and O–H groups in total. The molecule has 0 aromatic carbocycles. The monoisotopic (exact) mass is 317 g/mol. The van der Waals surface area contributed by atoms with E-state index < -0.39 is 5.69 Å². The Morgan fingerprint density at radius 2 is 2.15 bits per heavy atom. The van der Waals surface area contributed by atoms with Crippen LogP contribution in [0.2, 0.25) is 0 Å². The third kappa shape index (κ3) is 4.00. The van der Waals surface area contributed by atoms with Crippen LogP contribution in [-0.2, 0) is 0 Å². The van der Waals surface area contributed by atoms with E-state index in [1.807, 2.05) is 13.2 Å². The molecule has 0 saturated carbocycles. The number of hydrogen-bond acceptors (Lipinski definition) is 6. The van der Waals surface area contributed by atoms with Gasteiger partial charge in [0.25, 0.3) is 5.91 Å². The highest BCUT2D eigenvalue weighted by Crippen LogP contribution is 2.19. The van der Waals surface area contributed by atoms with Crippen molar-refractivity contribution in [1.29, 1.82) is 0 Å². The molecule has 1 aromatic rings. The number of nitrogens with zero attached hydrogens (tertiary/aromatic N) is 1. The summed E-state index contributed by atoms with van der Waals surface area (Å²) in [6.07, 6.45) is 3.64. The predicted octanol–water partition coefficient (Wildman–Crippen LogP) is 0.642. The molecule has 0 aliphatic carbocycles. The fourth-order valence-electron chi connectivity index (χ4n) is 1.78. The van der Waals surface area contributed by atoms with E-state index in [0.29, 0.717) is 16.3 Å². The molecule has 8 heteroatoms. The Kier molecular flexibility index (Phi) is 6.57. The van der Waals surface area contributed by atoms with Crippen molar-refractivity contribution in [2.24, 2.45) is 0 Å². The Hall–Kier alpha value is -0.990. The smallest absolute Gasteiger partial charge is 0.346 e. The topological polar surface area (TPSA) is 95.1 Å². The first-order valence-electron chi connectivity index (χ1n) is 6.04. The van der Waals surface area contributed by atoms with Crippen LogP contribution < -0.4 is 11.0 Å². The van der Waals surface area contributed by atoms with Crippen LogP contribution in [0.5, 0.6) is 0 Å². The summed E-state index contributed by atoms with van der Waals surface area (Å²) in [5.41, 5.74) is 0.402. The highest BCUT2D eigenvalue weighted by atomic mass is 32.2. The summed E-state index contributed by atoms with van der Waals surface area (Å²) in [4.78, 5) is 30.0. The Morgan fingerprint density at radius 3 is 2.65 bits per heavy atom. The number of aromatic nitrogens is 2. The van der Waals surface area contributed by atoms with Gasteiger partial charge in [-0.05, 0) is 26.4 Å². The summed E-state index contributed by atoms with van der Waals surface area (Å²) in [5.74, 6) is -0.296. The van der Waals surface area contributed by atoms with Crippen molar-refractivity contribution in [2.75, 3.05) is 19.1 Å². The van der Waals surface area contributed by atoms with E-state index in [2.05, 4.69) is 15.3 Å². The number of aliphatic hydroxyl groups is 1. The molecule has 1 heterocycles. The summed E-state index contributed by atoms with van der Waals surface area (Å²) in [5, 5.41) is 12.4. The number of hydrogen-bond donors (Lipinski definition) is 3. The van der Waals surface area contributed by atoms with Gasteiger partial charge in [-0.25, -0.2) is 4.79 Å². The maximum Gasteiger partial charge on any atom is 0.346 e. The summed E-state index contributed by atoms with van der Waals surface area (Å²) in [6.45, 7) is 3.49. The number of H-pyrrole nitrogens is 1. The van der Waals surface area contributed by atoms with Crippen molar-refractivity contribution in [1.82, 2.24) is 15.3 Å². The number of aryl methyl sites for hydroxylation is 1. The van der Waals surface area contributed by atoms with Crippen LogP contribution in [0.1, 0.15) is 23.0 Å². The lowest BCUT2D eigenvalue weighted by atomic mass is 10.2. The van der Waals surface area contributed by atoms with Gasteiger partial charge in [0.2, 0.25) is 0 Å². The first-order chi connectivity index (χ1) is 9.44. The van der Waals surface area contributed by atoms with Gasteiger partial charge in [-0.3, -0.25) is 4.79 Å². The molecule has 112 valence electrons. The molecule has 0 saturated heterocycles. The summed E-state index contributed by atoms with van der Waals surface area (Å²) < 4.78 is 0. The second-order valence-electron chi connectivity index (χ2n) is 4.27. The van der Waals surface area contributed by atoms with E-state index in [9.17, 15) is 14.7 Å². The number of rotatable bonds is 6. The van der Waals surface area contributed by atoms with Crippen LogP contribution in [-0.4, -0.2) is 51.4 Å². The molecule has 6 nitrogen and oxygen atoms in total. The van der Waals surface area contributed by atoms with Gasteiger partial charge in [0, 0.05) is 17.0 Å². The minimum atomic E-state index is -0.464. The van der Waals surface area contributed by atoms with Gasteiger partial charge in [0.15, 0.2) is 0 Å². The third-order valence-corrected chi connectivity index (χ3v) is 4.75. The molecule has 0 aliphatic heterocycles. The van der Waals surface area contributed by atoms with Crippen LogP contribution in [0.25, 0.3) is 0 Å². The SMILES string of the molecule is CSc1nc(=O)[nH]c(C)c1C(=O)NC(C)C(CO)SC. The van der Waals surface area contributed by atoms with Gasteiger partial charge in [0.05, 0.1) is 12.2 Å². The zero-order valence-corrected chi connectivity index (χ0v) is 13.5. The van der Waals surface area contributed by atoms with Gasteiger partial charge in [-0.2, -0.15) is 16.7 Å². The fraction of sp³-hybridized carbons (Fsp3) is 0.583. The van der Waals surface area contributed by atoms with E-state index >= 15 is 0 Å². The lowest BCUT2D eigenvalue weighted by molar-refractivity contribution is 0.0931. The number of aromatic amines is 1. The van der Waals surface area contributed by atoms with Crippen LogP contribution in [0.15, 0.2) is 9.82 Å². The fourth-order valence-corrected chi connectivity index (χ4v) is 3.03. The molecule has 0 bridgehead atoms. The number of carbonyl (C=O) groups excluding carboxylic acids is 1. The van der Waals surface area contributed by atoms with E-state index in [1.165, 1.54) is 23.5 Å². The molecule has 0 radical (unpaired) electrons. The largest absolute Gasteiger partial charge is 0.395 e. The van der Waals surface area contributed by atoms with Crippen molar-refractivity contribution >= 4 is 29.4 Å². The van der Waals surface area contributed by atoms with E-state index in [0.717, 1.165) is 0 Å². The molecular formula is C12H19N3O3S2. The minimum absolute atomic E-state index is 0.0130. The Morgan fingerprint density at radius 1 is 1.50 bits per heavy atom. The van der Waals surface area contributed by atoms with Gasteiger partial charge in [-0.1, -0.05) is 0 Å². The average molecular weight is 317 g/mol.